The Balaban J connectivity index is 1.63. The minimum atomic E-state index is -0.968. The first kappa shape index (κ1) is 16.5. The van der Waals surface area contributed by atoms with Crippen LogP contribution in [0.5, 0.6) is 0 Å². The van der Waals surface area contributed by atoms with Crippen LogP contribution in [0.4, 0.5) is 17.2 Å². The number of aliphatic hydroxyl groups excluding tert-OH is 1. The lowest BCUT2D eigenvalue weighted by Crippen LogP contribution is -2.29. The molecule has 2 aliphatic rings. The molecule has 4 rings (SSSR count). The molecule has 1 aliphatic heterocycles. The minimum Gasteiger partial charge on any atom is -0.398 e. The van der Waals surface area contributed by atoms with Crippen LogP contribution in [0.2, 0.25) is 0 Å². The largest absolute Gasteiger partial charge is 0.398 e. The molecule has 1 aromatic heterocycles. The summed E-state index contributed by atoms with van der Waals surface area (Å²) in [6, 6.07) is 5.22. The van der Waals surface area contributed by atoms with Crippen LogP contribution >= 0.6 is 0 Å². The number of benzene rings is 1. The SMILES string of the molecule is C=N[C@H]1C[C@@H]1C(=O)Nc1cc2cc(N3CC[C@H](O)C3=O)cc(N)c2cn1. The van der Waals surface area contributed by atoms with Crippen LogP contribution in [0.1, 0.15) is 12.8 Å². The lowest BCUT2D eigenvalue weighted by molar-refractivity contribution is -0.124. The molecule has 134 valence electrons. The number of hydrogen-bond donors (Lipinski definition) is 3. The van der Waals surface area contributed by atoms with Crippen molar-refractivity contribution in [2.24, 2.45) is 10.9 Å². The highest BCUT2D eigenvalue weighted by atomic mass is 16.3. The van der Waals surface area contributed by atoms with E-state index in [1.807, 2.05) is 6.07 Å². The normalized spacial score (nSPS) is 24.7. The Morgan fingerprint density at radius 1 is 1.42 bits per heavy atom. The molecule has 4 N–H and O–H groups in total. The molecule has 1 saturated heterocycles. The fourth-order valence-corrected chi connectivity index (χ4v) is 3.30. The summed E-state index contributed by atoms with van der Waals surface area (Å²) >= 11 is 0. The summed E-state index contributed by atoms with van der Waals surface area (Å²) in [5, 5.41) is 13.9. The van der Waals surface area contributed by atoms with Crippen LogP contribution in [-0.2, 0) is 9.59 Å². The van der Waals surface area contributed by atoms with Crippen molar-refractivity contribution in [3.8, 4) is 0 Å². The highest BCUT2D eigenvalue weighted by Gasteiger charge is 2.42. The van der Waals surface area contributed by atoms with E-state index < -0.39 is 6.10 Å². The number of nitrogens with zero attached hydrogens (tertiary/aromatic N) is 3. The molecule has 2 amide bonds. The van der Waals surface area contributed by atoms with E-state index in [9.17, 15) is 14.7 Å². The molecule has 1 saturated carbocycles. The number of anilines is 3. The van der Waals surface area contributed by atoms with E-state index in [1.165, 1.54) is 4.90 Å². The zero-order chi connectivity index (χ0) is 18.4. The van der Waals surface area contributed by atoms with Gasteiger partial charge in [0.15, 0.2) is 0 Å². The third kappa shape index (κ3) is 2.78. The third-order valence-electron chi connectivity index (χ3n) is 4.92. The zero-order valence-corrected chi connectivity index (χ0v) is 14.1. The highest BCUT2D eigenvalue weighted by molar-refractivity contribution is 6.04. The first-order chi connectivity index (χ1) is 12.5. The summed E-state index contributed by atoms with van der Waals surface area (Å²) in [4.78, 5) is 33.8. The predicted molar refractivity (Wildman–Crippen MR) is 99.2 cm³/mol. The average molecular weight is 353 g/mol. The molecule has 8 nitrogen and oxygen atoms in total. The molecule has 2 aromatic rings. The maximum atomic E-state index is 12.2. The summed E-state index contributed by atoms with van der Waals surface area (Å²) in [5.41, 5.74) is 7.21. The Morgan fingerprint density at radius 2 is 2.23 bits per heavy atom. The smallest absolute Gasteiger partial charge is 0.255 e. The van der Waals surface area contributed by atoms with Crippen molar-refractivity contribution in [3.63, 3.8) is 0 Å². The number of aliphatic hydroxyl groups is 1. The first-order valence-electron chi connectivity index (χ1n) is 8.43. The average Bonchev–Trinajstić information content (AvgIpc) is 3.34. The molecule has 1 aliphatic carbocycles. The molecule has 1 aromatic carbocycles. The standard InChI is InChI=1S/C18H19N5O3/c1-20-14-7-11(14)17(25)22-16-5-9-4-10(6-13(19)12(9)8-21-16)23-3-2-15(24)18(23)26/h4-6,8,11,14-15,24H,1-3,7,19H2,(H,21,22,25)/t11-,14-,15-/m0/s1. The number of amides is 2. The number of rotatable bonds is 4. The zero-order valence-electron chi connectivity index (χ0n) is 14.1. The predicted octanol–water partition coefficient (Wildman–Crippen LogP) is 0.942. The van der Waals surface area contributed by atoms with Gasteiger partial charge in [0.2, 0.25) is 5.91 Å². The van der Waals surface area contributed by atoms with Gasteiger partial charge in [-0.15, -0.1) is 0 Å². The van der Waals surface area contributed by atoms with Gasteiger partial charge in [-0.1, -0.05) is 0 Å². The van der Waals surface area contributed by atoms with Gasteiger partial charge in [-0.05, 0) is 36.7 Å². The van der Waals surface area contributed by atoms with Crippen molar-refractivity contribution < 1.29 is 14.7 Å². The van der Waals surface area contributed by atoms with Crippen molar-refractivity contribution in [1.82, 2.24) is 4.98 Å². The van der Waals surface area contributed by atoms with Gasteiger partial charge in [0.05, 0.1) is 12.0 Å². The van der Waals surface area contributed by atoms with E-state index in [0.29, 0.717) is 36.6 Å². The topological polar surface area (TPSA) is 121 Å². The third-order valence-corrected chi connectivity index (χ3v) is 4.92. The van der Waals surface area contributed by atoms with Gasteiger partial charge in [0.1, 0.15) is 11.9 Å². The van der Waals surface area contributed by atoms with Crippen molar-refractivity contribution >= 4 is 46.5 Å². The van der Waals surface area contributed by atoms with Gasteiger partial charge in [-0.3, -0.25) is 14.6 Å². The summed E-state index contributed by atoms with van der Waals surface area (Å²) < 4.78 is 0. The van der Waals surface area contributed by atoms with Crippen LogP contribution in [0, 0.1) is 5.92 Å². The van der Waals surface area contributed by atoms with E-state index in [0.717, 1.165) is 10.8 Å². The number of nitrogens with one attached hydrogen (secondary N) is 1. The lowest BCUT2D eigenvalue weighted by atomic mass is 10.1. The number of carbonyl (C=O) groups is 2. The highest BCUT2D eigenvalue weighted by Crippen LogP contribution is 2.35. The quantitative estimate of drug-likeness (QED) is 0.558. The van der Waals surface area contributed by atoms with Gasteiger partial charge in [-0.2, -0.15) is 0 Å². The van der Waals surface area contributed by atoms with E-state index in [4.69, 9.17) is 5.73 Å². The number of nitrogen functional groups attached to an aromatic ring is 1. The molecule has 0 spiro atoms. The van der Waals surface area contributed by atoms with Gasteiger partial charge in [0.25, 0.3) is 5.91 Å². The first-order valence-corrected chi connectivity index (χ1v) is 8.43. The van der Waals surface area contributed by atoms with Crippen LogP contribution in [0.3, 0.4) is 0 Å². The molecule has 3 atom stereocenters. The second kappa shape index (κ2) is 6.06. The van der Waals surface area contributed by atoms with Gasteiger partial charge < -0.3 is 21.1 Å². The van der Waals surface area contributed by atoms with E-state index >= 15 is 0 Å². The number of hydrogen-bond acceptors (Lipinski definition) is 6. The summed E-state index contributed by atoms with van der Waals surface area (Å²) in [6.07, 6.45) is 1.73. The molecular weight excluding hydrogens is 334 g/mol. The van der Waals surface area contributed by atoms with Gasteiger partial charge in [-0.25, -0.2) is 4.98 Å². The van der Waals surface area contributed by atoms with Crippen molar-refractivity contribution in [2.75, 3.05) is 22.5 Å². The van der Waals surface area contributed by atoms with Crippen LogP contribution in [0.15, 0.2) is 29.4 Å². The van der Waals surface area contributed by atoms with Crippen molar-refractivity contribution in [1.29, 1.82) is 0 Å². The molecule has 0 radical (unpaired) electrons. The van der Waals surface area contributed by atoms with E-state index in [-0.39, 0.29) is 23.8 Å². The number of carbonyl (C=O) groups excluding carboxylic acids is 2. The molecule has 2 fully saturated rings. The van der Waals surface area contributed by atoms with E-state index in [1.54, 1.807) is 18.3 Å². The molecule has 8 heteroatoms. The Bertz CT molecular complexity index is 928. The molecular formula is C18H19N5O3. The maximum absolute atomic E-state index is 12.2. The van der Waals surface area contributed by atoms with Crippen molar-refractivity contribution in [2.45, 2.75) is 25.0 Å². The van der Waals surface area contributed by atoms with Crippen molar-refractivity contribution in [3.05, 3.63) is 24.4 Å². The number of aliphatic imine (C=N–C) groups is 1. The number of pyridine rings is 1. The monoisotopic (exact) mass is 353 g/mol. The number of nitrogens with two attached hydrogens (primary N) is 1. The van der Waals surface area contributed by atoms with Crippen LogP contribution in [-0.4, -0.2) is 47.3 Å². The van der Waals surface area contributed by atoms with Crippen LogP contribution < -0.4 is 16.0 Å². The number of aromatic nitrogens is 1. The minimum absolute atomic E-state index is 0.00897. The number of fused-ring (bicyclic) bond motifs is 1. The van der Waals surface area contributed by atoms with E-state index in [2.05, 4.69) is 22.0 Å². The lowest BCUT2D eigenvalue weighted by Gasteiger charge is -2.18. The second-order valence-corrected chi connectivity index (χ2v) is 6.70. The maximum Gasteiger partial charge on any atom is 0.255 e. The fourth-order valence-electron chi connectivity index (χ4n) is 3.30. The van der Waals surface area contributed by atoms with Crippen LogP contribution in [0.25, 0.3) is 10.8 Å². The molecule has 0 unspecified atom stereocenters. The summed E-state index contributed by atoms with van der Waals surface area (Å²) in [5.74, 6) is -0.189. The molecule has 0 bridgehead atoms. The Labute approximate surface area is 149 Å². The Hall–Kier alpha value is -3.00. The summed E-state index contributed by atoms with van der Waals surface area (Å²) in [7, 11) is 0. The molecule has 26 heavy (non-hydrogen) atoms. The van der Waals surface area contributed by atoms with Gasteiger partial charge >= 0.3 is 0 Å². The second-order valence-electron chi connectivity index (χ2n) is 6.70. The Morgan fingerprint density at radius 3 is 2.88 bits per heavy atom. The molecule has 2 heterocycles. The Kier molecular flexibility index (Phi) is 3.84. The fraction of sp³-hybridized carbons (Fsp3) is 0.333. The summed E-state index contributed by atoms with van der Waals surface area (Å²) in [6.45, 7) is 3.90. The van der Waals surface area contributed by atoms with Gasteiger partial charge in [0, 0.05) is 35.9 Å².